The molecular weight excluding hydrogens is 321 g/mol. The Morgan fingerprint density at radius 1 is 0.955 bits per heavy atom. The number of halogens is 1. The zero-order valence-electron chi connectivity index (χ0n) is 11.9. The monoisotopic (exact) mass is 337 g/mol. The minimum Gasteiger partial charge on any atom is -0.809 e. The van der Waals surface area contributed by atoms with Crippen LogP contribution >= 0.6 is 20.0 Å². The van der Waals surface area contributed by atoms with Gasteiger partial charge in [-0.15, -0.1) is 12.4 Å². The van der Waals surface area contributed by atoms with Gasteiger partial charge in [-0.05, 0) is 38.1 Å². The van der Waals surface area contributed by atoms with E-state index in [0.29, 0.717) is 24.9 Å². The van der Waals surface area contributed by atoms with Crippen LogP contribution in [-0.2, 0) is 9.85 Å². The van der Waals surface area contributed by atoms with Crippen molar-refractivity contribution in [3.05, 3.63) is 66.2 Å². The molecule has 2 aromatic carbocycles. The maximum absolute atomic E-state index is 12.2. The van der Waals surface area contributed by atoms with Crippen molar-refractivity contribution in [2.75, 3.05) is 11.4 Å². The molecule has 1 atom stereocenters. The van der Waals surface area contributed by atoms with Crippen LogP contribution in [0, 0.1) is 0 Å². The molecule has 6 heteroatoms. The first-order valence-electron chi connectivity index (χ1n) is 6.96. The van der Waals surface area contributed by atoms with Gasteiger partial charge < -0.3 is 19.3 Å². The van der Waals surface area contributed by atoms with Crippen LogP contribution in [0.25, 0.3) is 0 Å². The Morgan fingerprint density at radius 3 is 2.05 bits per heavy atom. The van der Waals surface area contributed by atoms with Crippen molar-refractivity contribution in [1.29, 1.82) is 0 Å². The van der Waals surface area contributed by atoms with Gasteiger partial charge >= 0.3 is 0 Å². The van der Waals surface area contributed by atoms with Gasteiger partial charge in [0.2, 0.25) is 0 Å². The summed E-state index contributed by atoms with van der Waals surface area (Å²) in [4.78, 5) is 26.1. The second-order valence-corrected chi connectivity index (χ2v) is 7.01. The van der Waals surface area contributed by atoms with Gasteiger partial charge in [0.15, 0.2) is 0 Å². The predicted octanol–water partition coefficient (Wildman–Crippen LogP) is 2.48. The molecule has 1 aliphatic rings. The Bertz CT molecular complexity index is 662. The topological polar surface area (TPSA) is 66.4 Å². The van der Waals surface area contributed by atoms with E-state index in [-0.39, 0.29) is 12.4 Å². The van der Waals surface area contributed by atoms with Crippen molar-refractivity contribution in [1.82, 2.24) is 0 Å². The van der Waals surface area contributed by atoms with E-state index in [0.717, 1.165) is 5.69 Å². The standard InChI is InChI=1S/C16H18NO3P.ClH/c18-21(19,20)16(14-8-3-1-4-9-14)12-7-13-17(16)15-10-5-2-6-11-15;/h1-6,8-11H,7,12-13H2,(H2,18,19,20);1H/p-2. The van der Waals surface area contributed by atoms with Gasteiger partial charge in [0, 0.05) is 12.2 Å². The number of hydrogen-bond donors (Lipinski definition) is 0. The number of rotatable bonds is 3. The van der Waals surface area contributed by atoms with Crippen LogP contribution in [0.4, 0.5) is 5.69 Å². The average molecular weight is 338 g/mol. The molecule has 4 nitrogen and oxygen atoms in total. The summed E-state index contributed by atoms with van der Waals surface area (Å²) in [5.41, 5.74) is 1.32. The number of hydrogen-bond acceptors (Lipinski definition) is 4. The Labute approximate surface area is 136 Å². The van der Waals surface area contributed by atoms with E-state index in [1.807, 2.05) is 36.4 Å². The van der Waals surface area contributed by atoms with Gasteiger partial charge in [0.25, 0.3) is 0 Å². The first-order chi connectivity index (χ1) is 10.1. The summed E-state index contributed by atoms with van der Waals surface area (Å²) in [5.74, 6) is 0. The molecule has 1 fully saturated rings. The van der Waals surface area contributed by atoms with Gasteiger partial charge in [-0.3, -0.25) is 0 Å². The number of anilines is 1. The highest BCUT2D eigenvalue weighted by atomic mass is 35.5. The van der Waals surface area contributed by atoms with Crippen LogP contribution in [0.2, 0.25) is 0 Å². The van der Waals surface area contributed by atoms with Gasteiger partial charge in [-0.25, -0.2) is 0 Å². The molecule has 118 valence electrons. The van der Waals surface area contributed by atoms with E-state index in [1.165, 1.54) is 0 Å². The van der Waals surface area contributed by atoms with E-state index >= 15 is 0 Å². The Hall–Kier alpha value is -1.32. The molecular formula is C16H17ClNO3P-2. The van der Waals surface area contributed by atoms with Gasteiger partial charge in [-0.1, -0.05) is 48.5 Å². The van der Waals surface area contributed by atoms with Crippen LogP contribution in [-0.4, -0.2) is 6.54 Å². The lowest BCUT2D eigenvalue weighted by Crippen LogP contribution is -2.47. The van der Waals surface area contributed by atoms with E-state index in [2.05, 4.69) is 0 Å². The van der Waals surface area contributed by atoms with Crippen molar-refractivity contribution < 1.29 is 14.4 Å². The highest BCUT2D eigenvalue weighted by Crippen LogP contribution is 2.59. The van der Waals surface area contributed by atoms with Crippen molar-refractivity contribution in [2.24, 2.45) is 0 Å². The number of para-hydroxylation sites is 1. The molecule has 1 saturated heterocycles. The van der Waals surface area contributed by atoms with Gasteiger partial charge in [0.05, 0.1) is 5.28 Å². The second-order valence-electron chi connectivity index (χ2n) is 5.27. The maximum Gasteiger partial charge on any atom is 0.0923 e. The molecule has 3 rings (SSSR count). The van der Waals surface area contributed by atoms with Crippen LogP contribution in [0.5, 0.6) is 0 Å². The van der Waals surface area contributed by atoms with Gasteiger partial charge in [0.1, 0.15) is 0 Å². The molecule has 22 heavy (non-hydrogen) atoms. The van der Waals surface area contributed by atoms with Gasteiger partial charge in [-0.2, -0.15) is 0 Å². The minimum atomic E-state index is -4.86. The third-order valence-corrected chi connectivity index (χ3v) is 5.74. The summed E-state index contributed by atoms with van der Waals surface area (Å²) in [6.45, 7) is 0.563. The molecule has 1 heterocycles. The van der Waals surface area contributed by atoms with E-state index in [1.54, 1.807) is 29.2 Å². The fourth-order valence-corrected chi connectivity index (χ4v) is 4.61. The zero-order valence-corrected chi connectivity index (χ0v) is 13.6. The lowest BCUT2D eigenvalue weighted by Gasteiger charge is -2.53. The Kier molecular flexibility index (Phi) is 4.98. The summed E-state index contributed by atoms with van der Waals surface area (Å²) in [6, 6.07) is 18.1. The average Bonchev–Trinajstić information content (AvgIpc) is 2.95. The SMILES string of the molecule is Cl.O=P([O-])([O-])C1(c2ccccc2)CCCN1c1ccccc1. The highest BCUT2D eigenvalue weighted by molar-refractivity contribution is 7.50. The molecule has 1 unspecified atom stereocenters. The van der Waals surface area contributed by atoms with Crippen LogP contribution in [0.15, 0.2) is 60.7 Å². The predicted molar refractivity (Wildman–Crippen MR) is 86.0 cm³/mol. The molecule has 0 aliphatic carbocycles. The Morgan fingerprint density at radius 2 is 1.50 bits per heavy atom. The van der Waals surface area contributed by atoms with Crippen molar-refractivity contribution in [2.45, 2.75) is 18.1 Å². The molecule has 0 bridgehead atoms. The fraction of sp³-hybridized carbons (Fsp3) is 0.250. The maximum atomic E-state index is 12.2. The molecule has 0 spiro atoms. The van der Waals surface area contributed by atoms with Crippen LogP contribution in [0.1, 0.15) is 18.4 Å². The summed E-state index contributed by atoms with van der Waals surface area (Å²) in [7, 11) is -4.86. The van der Waals surface area contributed by atoms with E-state index in [4.69, 9.17) is 0 Å². The summed E-state index contributed by atoms with van der Waals surface area (Å²) in [5, 5.41) is -1.48. The van der Waals surface area contributed by atoms with E-state index in [9.17, 15) is 14.4 Å². The molecule has 0 radical (unpaired) electrons. The zero-order chi connectivity index (χ0) is 14.9. The Balaban J connectivity index is 0.00000176. The molecule has 0 aromatic heterocycles. The molecule has 0 amide bonds. The molecule has 2 aromatic rings. The molecule has 0 N–H and O–H groups in total. The lowest BCUT2D eigenvalue weighted by molar-refractivity contribution is -0.321. The first-order valence-corrected chi connectivity index (χ1v) is 8.50. The quantitative estimate of drug-likeness (QED) is 0.807. The normalized spacial score (nSPS) is 21.5. The second kappa shape index (κ2) is 6.43. The lowest BCUT2D eigenvalue weighted by atomic mass is 10.0. The molecule has 1 aliphatic heterocycles. The third kappa shape index (κ3) is 2.68. The summed E-state index contributed by atoms with van der Waals surface area (Å²) in [6.07, 6.45) is 1.01. The number of benzene rings is 2. The summed E-state index contributed by atoms with van der Waals surface area (Å²) < 4.78 is 12.2. The van der Waals surface area contributed by atoms with Crippen molar-refractivity contribution in [3.8, 4) is 0 Å². The minimum absolute atomic E-state index is 0. The van der Waals surface area contributed by atoms with Crippen molar-refractivity contribution >= 4 is 25.7 Å². The molecule has 0 saturated carbocycles. The van der Waals surface area contributed by atoms with E-state index < -0.39 is 12.9 Å². The third-order valence-electron chi connectivity index (χ3n) is 4.11. The smallest absolute Gasteiger partial charge is 0.0923 e. The first kappa shape index (κ1) is 17.0. The van der Waals surface area contributed by atoms with Crippen LogP contribution in [0.3, 0.4) is 0 Å². The number of nitrogens with zero attached hydrogens (tertiary/aromatic N) is 1. The highest BCUT2D eigenvalue weighted by Gasteiger charge is 2.45. The largest absolute Gasteiger partial charge is 0.809 e. The summed E-state index contributed by atoms with van der Waals surface area (Å²) >= 11 is 0. The van der Waals surface area contributed by atoms with Crippen molar-refractivity contribution in [3.63, 3.8) is 0 Å². The van der Waals surface area contributed by atoms with Crippen LogP contribution < -0.4 is 14.7 Å². The fourth-order valence-electron chi connectivity index (χ4n) is 3.20.